The minimum Gasteiger partial charge on any atom is -0.480 e. The van der Waals surface area contributed by atoms with Crippen molar-refractivity contribution in [2.24, 2.45) is 16.6 Å². The van der Waals surface area contributed by atoms with Gasteiger partial charge in [-0.25, -0.2) is 4.79 Å². The van der Waals surface area contributed by atoms with E-state index in [2.05, 4.69) is 5.32 Å². The monoisotopic (exact) mass is 284 g/mol. The Morgan fingerprint density at radius 2 is 1.80 bits per heavy atom. The fraction of sp³-hybridized carbons (Fsp3) is 0.867. The topological polar surface area (TPSA) is 92.4 Å². The maximum Gasteiger partial charge on any atom is 0.326 e. The standard InChI is InChI=1S/C15H28N2O3/c1-14(2,3)12(13(19)20)17-11(18)9-15(10-16)7-5-4-6-8-15/h12H,4-10,16H2,1-3H3,(H,17,18)(H,19,20)/t12-/m1/s1. The summed E-state index contributed by atoms with van der Waals surface area (Å²) in [6.07, 6.45) is 5.67. The molecule has 0 unspecified atom stereocenters. The van der Waals surface area contributed by atoms with E-state index >= 15 is 0 Å². The van der Waals surface area contributed by atoms with Gasteiger partial charge in [0.15, 0.2) is 0 Å². The summed E-state index contributed by atoms with van der Waals surface area (Å²) in [7, 11) is 0. The van der Waals surface area contributed by atoms with Crippen molar-refractivity contribution >= 4 is 11.9 Å². The van der Waals surface area contributed by atoms with E-state index in [-0.39, 0.29) is 11.3 Å². The van der Waals surface area contributed by atoms with Crippen molar-refractivity contribution in [2.45, 2.75) is 65.3 Å². The molecule has 5 heteroatoms. The summed E-state index contributed by atoms with van der Waals surface area (Å²) in [6, 6.07) is -0.867. The fourth-order valence-corrected chi connectivity index (χ4v) is 2.96. The predicted molar refractivity (Wildman–Crippen MR) is 78.2 cm³/mol. The van der Waals surface area contributed by atoms with Crippen LogP contribution in [0.3, 0.4) is 0 Å². The summed E-state index contributed by atoms with van der Waals surface area (Å²) in [5, 5.41) is 11.9. The number of hydrogen-bond donors (Lipinski definition) is 3. The van der Waals surface area contributed by atoms with Gasteiger partial charge in [-0.1, -0.05) is 40.0 Å². The van der Waals surface area contributed by atoms with Crippen molar-refractivity contribution in [1.29, 1.82) is 0 Å². The molecule has 1 aliphatic carbocycles. The molecule has 20 heavy (non-hydrogen) atoms. The second-order valence-corrected chi connectivity index (χ2v) is 7.15. The van der Waals surface area contributed by atoms with Crippen LogP contribution in [0.2, 0.25) is 0 Å². The maximum atomic E-state index is 12.2. The number of hydrogen-bond acceptors (Lipinski definition) is 3. The molecule has 0 heterocycles. The first kappa shape index (κ1) is 17.0. The zero-order chi connectivity index (χ0) is 15.4. The molecule has 4 N–H and O–H groups in total. The average Bonchev–Trinajstić information content (AvgIpc) is 2.35. The van der Waals surface area contributed by atoms with Crippen LogP contribution in [0.4, 0.5) is 0 Å². The zero-order valence-corrected chi connectivity index (χ0v) is 12.9. The van der Waals surface area contributed by atoms with Gasteiger partial charge in [-0.05, 0) is 30.2 Å². The van der Waals surface area contributed by atoms with Crippen molar-refractivity contribution < 1.29 is 14.7 Å². The molecular weight excluding hydrogens is 256 g/mol. The lowest BCUT2D eigenvalue weighted by Crippen LogP contribution is -2.50. The van der Waals surface area contributed by atoms with E-state index in [1.165, 1.54) is 6.42 Å². The predicted octanol–water partition coefficient (Wildman–Crippen LogP) is 1.90. The highest BCUT2D eigenvalue weighted by atomic mass is 16.4. The van der Waals surface area contributed by atoms with Crippen LogP contribution in [-0.4, -0.2) is 29.6 Å². The SMILES string of the molecule is CC(C)(C)[C@H](NC(=O)CC1(CN)CCCCC1)C(=O)O. The van der Waals surface area contributed by atoms with Crippen LogP contribution in [0, 0.1) is 10.8 Å². The zero-order valence-electron chi connectivity index (χ0n) is 12.9. The largest absolute Gasteiger partial charge is 0.480 e. The van der Waals surface area contributed by atoms with Crippen molar-refractivity contribution in [1.82, 2.24) is 5.32 Å². The molecule has 1 amide bonds. The molecule has 1 atom stereocenters. The van der Waals surface area contributed by atoms with E-state index in [0.717, 1.165) is 25.7 Å². The summed E-state index contributed by atoms with van der Waals surface area (Å²) in [6.45, 7) is 5.93. The van der Waals surface area contributed by atoms with Gasteiger partial charge in [-0.3, -0.25) is 4.79 Å². The van der Waals surface area contributed by atoms with Crippen LogP contribution in [0.5, 0.6) is 0 Å². The average molecular weight is 284 g/mol. The Labute approximate surface area is 121 Å². The maximum absolute atomic E-state index is 12.2. The molecule has 0 aromatic rings. The van der Waals surface area contributed by atoms with Crippen LogP contribution in [0.25, 0.3) is 0 Å². The van der Waals surface area contributed by atoms with Gasteiger partial charge in [0.05, 0.1) is 0 Å². The molecule has 0 aromatic heterocycles. The highest BCUT2D eigenvalue weighted by molar-refractivity contribution is 5.84. The molecule has 116 valence electrons. The number of carbonyl (C=O) groups excluding carboxylic acids is 1. The number of amides is 1. The van der Waals surface area contributed by atoms with Gasteiger partial charge in [-0.15, -0.1) is 0 Å². The van der Waals surface area contributed by atoms with E-state index in [9.17, 15) is 14.7 Å². The third kappa shape index (κ3) is 4.47. The molecule has 0 spiro atoms. The molecule has 0 radical (unpaired) electrons. The van der Waals surface area contributed by atoms with Gasteiger partial charge < -0.3 is 16.2 Å². The molecule has 0 aliphatic heterocycles. The van der Waals surface area contributed by atoms with E-state index < -0.39 is 17.4 Å². The highest BCUT2D eigenvalue weighted by Gasteiger charge is 2.36. The van der Waals surface area contributed by atoms with Crippen molar-refractivity contribution in [3.05, 3.63) is 0 Å². The van der Waals surface area contributed by atoms with Crippen LogP contribution in [0.1, 0.15) is 59.3 Å². The Morgan fingerprint density at radius 3 is 2.20 bits per heavy atom. The normalized spacial score (nSPS) is 20.2. The summed E-state index contributed by atoms with van der Waals surface area (Å²) >= 11 is 0. The third-order valence-electron chi connectivity index (χ3n) is 4.30. The van der Waals surface area contributed by atoms with E-state index in [1.54, 1.807) is 0 Å². The summed E-state index contributed by atoms with van der Waals surface area (Å²) in [5.74, 6) is -1.18. The van der Waals surface area contributed by atoms with Crippen LogP contribution < -0.4 is 11.1 Å². The van der Waals surface area contributed by atoms with E-state index in [0.29, 0.717) is 13.0 Å². The molecule has 0 bridgehead atoms. The smallest absolute Gasteiger partial charge is 0.326 e. The minimum atomic E-state index is -0.990. The van der Waals surface area contributed by atoms with Gasteiger partial charge in [0, 0.05) is 6.42 Å². The third-order valence-corrected chi connectivity index (χ3v) is 4.30. The molecule has 1 saturated carbocycles. The number of rotatable bonds is 5. The summed E-state index contributed by atoms with van der Waals surface area (Å²) in [5.41, 5.74) is 5.22. The fourth-order valence-electron chi connectivity index (χ4n) is 2.96. The van der Waals surface area contributed by atoms with Crippen molar-refractivity contribution in [3.63, 3.8) is 0 Å². The lowest BCUT2D eigenvalue weighted by molar-refractivity contribution is -0.145. The Kier molecular flexibility index (Phi) is 5.57. The van der Waals surface area contributed by atoms with Crippen molar-refractivity contribution in [2.75, 3.05) is 6.54 Å². The second kappa shape index (κ2) is 6.57. The number of nitrogens with one attached hydrogen (secondary N) is 1. The Bertz CT molecular complexity index is 355. The lowest BCUT2D eigenvalue weighted by atomic mass is 9.71. The first-order valence-electron chi connectivity index (χ1n) is 7.42. The summed E-state index contributed by atoms with van der Waals surface area (Å²) in [4.78, 5) is 23.5. The van der Waals surface area contributed by atoms with E-state index in [4.69, 9.17) is 5.73 Å². The lowest BCUT2D eigenvalue weighted by Gasteiger charge is -2.36. The first-order chi connectivity index (χ1) is 9.20. The van der Waals surface area contributed by atoms with Gasteiger partial charge >= 0.3 is 5.97 Å². The van der Waals surface area contributed by atoms with Crippen LogP contribution in [0.15, 0.2) is 0 Å². The molecule has 1 fully saturated rings. The van der Waals surface area contributed by atoms with E-state index in [1.807, 2.05) is 20.8 Å². The van der Waals surface area contributed by atoms with Crippen LogP contribution >= 0.6 is 0 Å². The highest BCUT2D eigenvalue weighted by Crippen LogP contribution is 2.38. The molecule has 1 rings (SSSR count). The molecular formula is C15H28N2O3. The van der Waals surface area contributed by atoms with Gasteiger partial charge in [-0.2, -0.15) is 0 Å². The molecule has 5 nitrogen and oxygen atoms in total. The number of nitrogens with two attached hydrogens (primary N) is 1. The number of carboxylic acids is 1. The number of aliphatic carboxylic acids is 1. The molecule has 0 saturated heterocycles. The van der Waals surface area contributed by atoms with Gasteiger partial charge in [0.1, 0.15) is 6.04 Å². The Morgan fingerprint density at radius 1 is 1.25 bits per heavy atom. The van der Waals surface area contributed by atoms with Crippen LogP contribution in [-0.2, 0) is 9.59 Å². The first-order valence-corrected chi connectivity index (χ1v) is 7.42. The van der Waals surface area contributed by atoms with Gasteiger partial charge in [0.2, 0.25) is 5.91 Å². The molecule has 0 aromatic carbocycles. The number of carboxylic acid groups (broad SMARTS) is 1. The summed E-state index contributed by atoms with van der Waals surface area (Å²) < 4.78 is 0. The molecule has 1 aliphatic rings. The Balaban J connectivity index is 2.67. The number of carbonyl (C=O) groups is 2. The minimum absolute atomic E-state index is 0.136. The van der Waals surface area contributed by atoms with Crippen molar-refractivity contribution in [3.8, 4) is 0 Å². The second-order valence-electron chi connectivity index (χ2n) is 7.15. The Hall–Kier alpha value is -1.10. The quantitative estimate of drug-likeness (QED) is 0.719. The van der Waals surface area contributed by atoms with Gasteiger partial charge in [0.25, 0.3) is 0 Å².